The fourth-order valence-corrected chi connectivity index (χ4v) is 7.46. The van der Waals surface area contributed by atoms with Gasteiger partial charge >= 0.3 is 5.97 Å². The van der Waals surface area contributed by atoms with E-state index in [0.717, 1.165) is 38.6 Å². The van der Waals surface area contributed by atoms with Gasteiger partial charge in [-0.3, -0.25) is 14.9 Å². The van der Waals surface area contributed by atoms with Crippen LogP contribution in [0.15, 0.2) is 0 Å². The predicted molar refractivity (Wildman–Crippen MR) is 141 cm³/mol. The number of piperidine rings is 1. The van der Waals surface area contributed by atoms with Crippen molar-refractivity contribution in [1.29, 1.82) is 0 Å². The molecule has 2 aliphatic carbocycles. The van der Waals surface area contributed by atoms with Gasteiger partial charge in [-0.05, 0) is 63.8 Å². The van der Waals surface area contributed by atoms with Crippen molar-refractivity contribution in [3.05, 3.63) is 27.3 Å². The third-order valence-corrected chi connectivity index (χ3v) is 9.50. The van der Waals surface area contributed by atoms with E-state index >= 15 is 0 Å². The van der Waals surface area contributed by atoms with Gasteiger partial charge in [-0.15, -0.1) is 0 Å². The number of amides is 1. The molecule has 2 saturated carbocycles. The van der Waals surface area contributed by atoms with Crippen LogP contribution in [0, 0.1) is 16.0 Å². The summed E-state index contributed by atoms with van der Waals surface area (Å²) in [6.07, 6.45) is 11.4. The highest BCUT2D eigenvalue weighted by atomic mass is 16.6. The number of carboxylic acids is 1. The van der Waals surface area contributed by atoms with Crippen LogP contribution in [0.3, 0.4) is 0 Å². The van der Waals surface area contributed by atoms with Crippen molar-refractivity contribution in [2.75, 3.05) is 6.54 Å². The van der Waals surface area contributed by atoms with Crippen molar-refractivity contribution in [3.8, 4) is 0 Å². The van der Waals surface area contributed by atoms with Crippen LogP contribution in [0.4, 0.5) is 0 Å². The van der Waals surface area contributed by atoms with E-state index in [1.54, 1.807) is 0 Å². The predicted octanol–water partition coefficient (Wildman–Crippen LogP) is 3.03. The summed E-state index contributed by atoms with van der Waals surface area (Å²) in [5.74, 6) is -0.128. The van der Waals surface area contributed by atoms with Crippen molar-refractivity contribution < 1.29 is 19.6 Å². The molecule has 5 atom stereocenters. The number of hydrogen-bond acceptors (Lipinski definition) is 7. The highest BCUT2D eigenvalue weighted by Crippen LogP contribution is 2.38. The third-order valence-electron chi connectivity index (χ3n) is 9.50. The maximum absolute atomic E-state index is 13.5. The normalized spacial score (nSPS) is 32.3. The second-order valence-electron chi connectivity index (χ2n) is 11.9. The molecule has 4 unspecified atom stereocenters. The van der Waals surface area contributed by atoms with Gasteiger partial charge in [-0.1, -0.05) is 19.3 Å². The fraction of sp³-hybridized carbons (Fsp3) is 0.815. The maximum atomic E-state index is 13.5. The standard InChI is InChI=1S/C27H42N6O5/c1-32-24(16-9-11-19(12-10-16)33(37)38)23(27(35)36)31-25(32)21(15-18-7-4-5-13-28-18)30-26(34)22-14-17-6-2-3-8-20(17)29-22/h16-22,28-29H,2-15H2,1H3,(H,30,34)(H,35,36)/t16?,17?,18?,19?,20?,21-,22?/m0/s1. The lowest BCUT2D eigenvalue weighted by atomic mass is 9.83. The van der Waals surface area contributed by atoms with E-state index < -0.39 is 18.1 Å². The number of rotatable bonds is 8. The summed E-state index contributed by atoms with van der Waals surface area (Å²) in [5.41, 5.74) is 0.628. The molecule has 0 bridgehead atoms. The number of carboxylic acid groups (broad SMARTS) is 1. The molecule has 1 aromatic heterocycles. The number of aromatic nitrogens is 2. The molecule has 38 heavy (non-hydrogen) atoms. The van der Waals surface area contributed by atoms with Gasteiger partial charge in [0.1, 0.15) is 5.82 Å². The molecule has 4 aliphatic rings. The lowest BCUT2D eigenvalue weighted by Gasteiger charge is -2.29. The zero-order chi connectivity index (χ0) is 26.8. The molecule has 4 fully saturated rings. The average Bonchev–Trinajstić information content (AvgIpc) is 3.50. The quantitative estimate of drug-likeness (QED) is 0.296. The Labute approximate surface area is 223 Å². The van der Waals surface area contributed by atoms with Crippen LogP contribution < -0.4 is 16.0 Å². The average molecular weight is 531 g/mol. The molecule has 5 rings (SSSR count). The van der Waals surface area contributed by atoms with Gasteiger partial charge < -0.3 is 25.6 Å². The lowest BCUT2D eigenvalue weighted by molar-refractivity contribution is -0.526. The van der Waals surface area contributed by atoms with Crippen LogP contribution in [-0.2, 0) is 11.8 Å². The summed E-state index contributed by atoms with van der Waals surface area (Å²) in [6, 6.07) is -0.600. The molecule has 1 aromatic rings. The first-order chi connectivity index (χ1) is 18.3. The molecular formula is C27H42N6O5. The number of nitro groups is 1. The number of carbonyl (C=O) groups excluding carboxylic acids is 1. The molecule has 2 saturated heterocycles. The Morgan fingerprint density at radius 3 is 2.53 bits per heavy atom. The Morgan fingerprint density at radius 1 is 1.13 bits per heavy atom. The first kappa shape index (κ1) is 27.1. The minimum atomic E-state index is -1.10. The van der Waals surface area contributed by atoms with Crippen molar-refractivity contribution in [3.63, 3.8) is 0 Å². The molecular weight excluding hydrogens is 488 g/mol. The van der Waals surface area contributed by atoms with E-state index in [1.807, 2.05) is 11.6 Å². The minimum absolute atomic E-state index is 0.00733. The molecule has 11 nitrogen and oxygen atoms in total. The zero-order valence-electron chi connectivity index (χ0n) is 22.4. The second-order valence-corrected chi connectivity index (χ2v) is 11.9. The second kappa shape index (κ2) is 11.7. The number of fused-ring (bicyclic) bond motifs is 1. The fourth-order valence-electron chi connectivity index (χ4n) is 7.46. The van der Waals surface area contributed by atoms with Crippen molar-refractivity contribution >= 4 is 11.9 Å². The monoisotopic (exact) mass is 530 g/mol. The first-order valence-corrected chi connectivity index (χ1v) is 14.5. The van der Waals surface area contributed by atoms with Crippen molar-refractivity contribution in [2.24, 2.45) is 13.0 Å². The van der Waals surface area contributed by atoms with Gasteiger partial charge in [0.25, 0.3) is 0 Å². The van der Waals surface area contributed by atoms with Crippen molar-refractivity contribution in [1.82, 2.24) is 25.5 Å². The smallest absolute Gasteiger partial charge is 0.356 e. The van der Waals surface area contributed by atoms with E-state index in [1.165, 1.54) is 19.3 Å². The minimum Gasteiger partial charge on any atom is -0.476 e. The summed E-state index contributed by atoms with van der Waals surface area (Å²) < 4.78 is 1.86. The first-order valence-electron chi connectivity index (χ1n) is 14.5. The van der Waals surface area contributed by atoms with E-state index in [0.29, 0.717) is 55.6 Å². The molecule has 0 spiro atoms. The Hall–Kier alpha value is -2.53. The van der Waals surface area contributed by atoms with Gasteiger partial charge in [0.2, 0.25) is 11.9 Å². The number of nitrogens with one attached hydrogen (secondary N) is 3. The summed E-state index contributed by atoms with van der Waals surface area (Å²) >= 11 is 0. The van der Waals surface area contributed by atoms with Crippen LogP contribution in [0.5, 0.6) is 0 Å². The molecule has 11 heteroatoms. The van der Waals surface area contributed by atoms with Gasteiger partial charge in [-0.25, -0.2) is 9.78 Å². The third kappa shape index (κ3) is 5.73. The van der Waals surface area contributed by atoms with E-state index in [2.05, 4.69) is 20.9 Å². The van der Waals surface area contributed by atoms with Crippen molar-refractivity contribution in [2.45, 2.75) is 120 Å². The SMILES string of the molecule is Cn1c([C@H](CC2CCCCN2)NC(=O)C2CC3CCCCC3N2)nc(C(=O)O)c1C1CCC([N+](=O)[O-])CC1. The largest absolute Gasteiger partial charge is 0.476 e. The summed E-state index contributed by atoms with van der Waals surface area (Å²) in [5, 5.41) is 31.7. The summed E-state index contributed by atoms with van der Waals surface area (Å²) in [7, 11) is 1.83. The Kier molecular flexibility index (Phi) is 8.32. The molecule has 210 valence electrons. The van der Waals surface area contributed by atoms with Gasteiger partial charge in [0.15, 0.2) is 5.69 Å². The van der Waals surface area contributed by atoms with E-state index in [-0.39, 0.29) is 34.5 Å². The Bertz CT molecular complexity index is 1020. The number of aromatic carboxylic acids is 1. The van der Waals surface area contributed by atoms with E-state index in [9.17, 15) is 24.8 Å². The number of carbonyl (C=O) groups is 2. The lowest BCUT2D eigenvalue weighted by Crippen LogP contribution is -2.46. The highest BCUT2D eigenvalue weighted by Gasteiger charge is 2.40. The number of imidazole rings is 1. The van der Waals surface area contributed by atoms with E-state index in [4.69, 9.17) is 0 Å². The molecule has 0 aromatic carbocycles. The topological polar surface area (TPSA) is 151 Å². The molecule has 3 heterocycles. The maximum Gasteiger partial charge on any atom is 0.356 e. The number of nitrogens with zero attached hydrogens (tertiary/aromatic N) is 3. The van der Waals surface area contributed by atoms with Crippen LogP contribution in [0.1, 0.15) is 117 Å². The number of hydrogen-bond donors (Lipinski definition) is 4. The van der Waals surface area contributed by atoms with Crippen LogP contribution >= 0.6 is 0 Å². The highest BCUT2D eigenvalue weighted by molar-refractivity contribution is 5.87. The Morgan fingerprint density at radius 2 is 1.87 bits per heavy atom. The van der Waals surface area contributed by atoms with Gasteiger partial charge in [-0.2, -0.15) is 0 Å². The Balaban J connectivity index is 1.39. The molecule has 4 N–H and O–H groups in total. The van der Waals surface area contributed by atoms with Crippen LogP contribution in [-0.4, -0.2) is 62.2 Å². The summed E-state index contributed by atoms with van der Waals surface area (Å²) in [4.78, 5) is 41.5. The van der Waals surface area contributed by atoms with Crippen LogP contribution in [0.25, 0.3) is 0 Å². The molecule has 0 radical (unpaired) electrons. The van der Waals surface area contributed by atoms with Gasteiger partial charge in [0.05, 0.1) is 17.8 Å². The summed E-state index contributed by atoms with van der Waals surface area (Å²) in [6.45, 7) is 0.935. The molecule has 1 amide bonds. The van der Waals surface area contributed by atoms with Crippen LogP contribution in [0.2, 0.25) is 0 Å². The zero-order valence-corrected chi connectivity index (χ0v) is 22.4. The van der Waals surface area contributed by atoms with Gasteiger partial charge in [0, 0.05) is 42.8 Å². The molecule has 2 aliphatic heterocycles.